The number of nitrogens with zero attached hydrogens (tertiary/aromatic N) is 2. The minimum atomic E-state index is -2.74. The molecule has 0 fully saturated rings. The topological polar surface area (TPSA) is 61.3 Å². The second-order valence-electron chi connectivity index (χ2n) is 3.81. The highest BCUT2D eigenvalue weighted by atomic mass is 33.1. The van der Waals surface area contributed by atoms with Crippen molar-refractivity contribution in [2.45, 2.75) is 26.0 Å². The molecule has 0 aliphatic rings. The Morgan fingerprint density at radius 2 is 2.19 bits per heavy atom. The summed E-state index contributed by atoms with van der Waals surface area (Å²) in [6.45, 7) is 4.48. The summed E-state index contributed by atoms with van der Waals surface area (Å²) in [5.41, 5.74) is 0.735. The van der Waals surface area contributed by atoms with E-state index in [4.69, 9.17) is 15.7 Å². The Balaban J connectivity index is 2.63. The van der Waals surface area contributed by atoms with Crippen LogP contribution in [-0.4, -0.2) is 28.9 Å². The van der Waals surface area contributed by atoms with Gasteiger partial charge in [-0.3, -0.25) is 4.57 Å². The molecule has 0 radical (unpaired) electrons. The van der Waals surface area contributed by atoms with E-state index in [0.29, 0.717) is 18.2 Å². The Labute approximate surface area is 134 Å². The molecule has 5 nitrogen and oxygen atoms in total. The predicted octanol–water partition coefficient (Wildman–Crippen LogP) is 4.01. The van der Waals surface area contributed by atoms with E-state index >= 15 is 0 Å². The molecule has 116 valence electrons. The third kappa shape index (κ3) is 7.23. The molecule has 1 unspecified atom stereocenters. The molecule has 0 spiro atoms. The first-order valence-corrected chi connectivity index (χ1v) is 11.3. The Kier molecular flexibility index (Phi) is 8.86. The second kappa shape index (κ2) is 10.1. The van der Waals surface area contributed by atoms with Gasteiger partial charge in [0, 0.05) is 17.6 Å². The van der Waals surface area contributed by atoms with Gasteiger partial charge in [-0.25, -0.2) is 9.97 Å². The molecule has 0 aliphatic heterocycles. The summed E-state index contributed by atoms with van der Waals surface area (Å²) in [4.78, 5) is 8.11. The fraction of sp³-hybridized carbons (Fsp3) is 0.538. The van der Waals surface area contributed by atoms with Gasteiger partial charge in [0.05, 0.1) is 12.3 Å². The zero-order valence-corrected chi connectivity index (χ0v) is 14.7. The SMILES string of the molecule is C#CCOc1cc(CSP(=O)(OCC)SCCC)ncn1. The van der Waals surface area contributed by atoms with Crippen LogP contribution in [0.15, 0.2) is 12.4 Å². The smallest absolute Gasteiger partial charge is 0.313 e. The quantitative estimate of drug-likeness (QED) is 0.468. The van der Waals surface area contributed by atoms with Gasteiger partial charge in [0.2, 0.25) is 5.88 Å². The molecular formula is C13H19N2O3PS2. The maximum atomic E-state index is 12.6. The van der Waals surface area contributed by atoms with Crippen molar-refractivity contribution in [3.63, 3.8) is 0 Å². The number of hydrogen-bond acceptors (Lipinski definition) is 7. The molecular weight excluding hydrogens is 327 g/mol. The van der Waals surface area contributed by atoms with Crippen LogP contribution in [0.5, 0.6) is 5.88 Å². The highest BCUT2D eigenvalue weighted by Crippen LogP contribution is 2.70. The van der Waals surface area contributed by atoms with Crippen LogP contribution < -0.4 is 4.74 Å². The lowest BCUT2D eigenvalue weighted by molar-refractivity contribution is 0.354. The van der Waals surface area contributed by atoms with Crippen molar-refractivity contribution < 1.29 is 13.8 Å². The summed E-state index contributed by atoms with van der Waals surface area (Å²) in [7, 11) is 0. The number of rotatable bonds is 10. The van der Waals surface area contributed by atoms with E-state index in [-0.39, 0.29) is 6.61 Å². The average molecular weight is 346 g/mol. The maximum absolute atomic E-state index is 12.6. The van der Waals surface area contributed by atoms with Crippen LogP contribution in [-0.2, 0) is 14.8 Å². The van der Waals surface area contributed by atoms with Crippen LogP contribution >= 0.6 is 28.5 Å². The molecule has 0 aliphatic carbocycles. The molecule has 0 saturated carbocycles. The third-order valence-electron chi connectivity index (χ3n) is 2.11. The molecule has 0 bridgehead atoms. The first kappa shape index (κ1) is 18.4. The lowest BCUT2D eigenvalue weighted by Crippen LogP contribution is -1.98. The zero-order valence-electron chi connectivity index (χ0n) is 12.2. The van der Waals surface area contributed by atoms with Gasteiger partial charge in [-0.15, -0.1) is 6.42 Å². The number of aromatic nitrogens is 2. The lowest BCUT2D eigenvalue weighted by Gasteiger charge is -2.15. The number of terminal acetylenes is 1. The molecule has 1 aromatic heterocycles. The van der Waals surface area contributed by atoms with Gasteiger partial charge in [-0.1, -0.05) is 35.6 Å². The van der Waals surface area contributed by atoms with E-state index in [2.05, 4.69) is 15.9 Å². The van der Waals surface area contributed by atoms with E-state index in [9.17, 15) is 4.57 Å². The average Bonchev–Trinajstić information content (AvgIpc) is 2.50. The molecule has 8 heteroatoms. The summed E-state index contributed by atoms with van der Waals surface area (Å²) in [5.74, 6) is 1.35. The van der Waals surface area contributed by atoms with Gasteiger partial charge in [0.15, 0.2) is 6.61 Å². The third-order valence-corrected chi connectivity index (χ3v) is 9.70. The van der Waals surface area contributed by atoms with Gasteiger partial charge >= 0.3 is 5.77 Å². The highest BCUT2D eigenvalue weighted by molar-refractivity contribution is 8.89. The van der Waals surface area contributed by atoms with Crippen LogP contribution in [0, 0.1) is 12.3 Å². The Bertz CT molecular complexity index is 522. The molecule has 1 atom stereocenters. The molecule has 1 rings (SSSR count). The second-order valence-corrected chi connectivity index (χ2v) is 11.3. The van der Waals surface area contributed by atoms with Crippen molar-refractivity contribution in [3.8, 4) is 18.2 Å². The van der Waals surface area contributed by atoms with Gasteiger partial charge in [-0.2, -0.15) is 0 Å². The first-order chi connectivity index (χ1) is 10.1. The fourth-order valence-electron chi connectivity index (χ4n) is 1.27. The van der Waals surface area contributed by atoms with Crippen LogP contribution in [0.3, 0.4) is 0 Å². The van der Waals surface area contributed by atoms with E-state index in [1.807, 2.05) is 13.8 Å². The van der Waals surface area contributed by atoms with Crippen molar-refractivity contribution in [2.75, 3.05) is 19.0 Å². The lowest BCUT2D eigenvalue weighted by atomic mass is 10.4. The summed E-state index contributed by atoms with van der Waals surface area (Å²) < 4.78 is 23.3. The predicted molar refractivity (Wildman–Crippen MR) is 89.6 cm³/mol. The molecule has 0 N–H and O–H groups in total. The highest BCUT2D eigenvalue weighted by Gasteiger charge is 2.24. The standard InChI is InChI=1S/C13H19N2O3PS2/c1-4-7-17-13-9-12(14-11-15-13)10-21-19(16,18-6-3)20-8-5-2/h1,9,11H,5-8,10H2,2-3H3. The normalized spacial score (nSPS) is 13.4. The van der Waals surface area contributed by atoms with E-state index in [0.717, 1.165) is 17.9 Å². The van der Waals surface area contributed by atoms with Crippen LogP contribution in [0.1, 0.15) is 26.0 Å². The summed E-state index contributed by atoms with van der Waals surface area (Å²) in [5, 5.41) is 0. The Morgan fingerprint density at radius 3 is 2.86 bits per heavy atom. The van der Waals surface area contributed by atoms with Crippen LogP contribution in [0.4, 0.5) is 0 Å². The Morgan fingerprint density at radius 1 is 1.38 bits per heavy atom. The maximum Gasteiger partial charge on any atom is 0.313 e. The molecule has 0 saturated heterocycles. The van der Waals surface area contributed by atoms with Crippen molar-refractivity contribution in [2.24, 2.45) is 0 Å². The molecule has 1 heterocycles. The number of hydrogen-bond donors (Lipinski definition) is 0. The van der Waals surface area contributed by atoms with E-state index in [1.165, 1.54) is 29.1 Å². The fourth-order valence-corrected chi connectivity index (χ4v) is 7.87. The molecule has 21 heavy (non-hydrogen) atoms. The molecule has 0 aromatic carbocycles. The number of ether oxygens (including phenoxy) is 1. The zero-order chi connectivity index (χ0) is 15.6. The van der Waals surface area contributed by atoms with Crippen molar-refractivity contribution in [3.05, 3.63) is 18.1 Å². The molecule has 1 aromatic rings. The summed E-state index contributed by atoms with van der Waals surface area (Å²) in [6, 6.07) is 1.70. The van der Waals surface area contributed by atoms with Crippen molar-refractivity contribution >= 4 is 28.5 Å². The largest absolute Gasteiger partial charge is 0.464 e. The van der Waals surface area contributed by atoms with Gasteiger partial charge in [0.1, 0.15) is 6.33 Å². The van der Waals surface area contributed by atoms with Crippen molar-refractivity contribution in [1.82, 2.24) is 9.97 Å². The van der Waals surface area contributed by atoms with Gasteiger partial charge in [0.25, 0.3) is 0 Å². The monoisotopic (exact) mass is 346 g/mol. The first-order valence-electron chi connectivity index (χ1n) is 6.54. The van der Waals surface area contributed by atoms with Gasteiger partial charge < -0.3 is 9.26 Å². The summed E-state index contributed by atoms with van der Waals surface area (Å²) >= 11 is 2.67. The minimum Gasteiger partial charge on any atom is -0.464 e. The van der Waals surface area contributed by atoms with E-state index in [1.54, 1.807) is 6.07 Å². The van der Waals surface area contributed by atoms with Crippen LogP contribution in [0.2, 0.25) is 0 Å². The summed E-state index contributed by atoms with van der Waals surface area (Å²) in [6.07, 6.45) is 7.50. The minimum absolute atomic E-state index is 0.160. The van der Waals surface area contributed by atoms with Crippen molar-refractivity contribution in [1.29, 1.82) is 0 Å². The molecule has 0 amide bonds. The van der Waals surface area contributed by atoms with Gasteiger partial charge in [-0.05, 0) is 13.3 Å². The van der Waals surface area contributed by atoms with E-state index < -0.39 is 5.77 Å². The Hall–Kier alpha value is -0.670. The van der Waals surface area contributed by atoms with Crippen LogP contribution in [0.25, 0.3) is 0 Å².